The van der Waals surface area contributed by atoms with Gasteiger partial charge < -0.3 is 0 Å². The minimum absolute atomic E-state index is 0.431. The zero-order valence-electron chi connectivity index (χ0n) is 14.1. The van der Waals surface area contributed by atoms with Gasteiger partial charge in [0.15, 0.2) is 7.38 Å². The minimum atomic E-state index is -1.83. The van der Waals surface area contributed by atoms with E-state index < -0.39 is 7.38 Å². The van der Waals surface area contributed by atoms with E-state index >= 15 is 0 Å². The lowest BCUT2D eigenvalue weighted by Gasteiger charge is -2.25. The predicted molar refractivity (Wildman–Crippen MR) is 103 cm³/mol. The molecular weight excluding hydrogens is 316 g/mol. The van der Waals surface area contributed by atoms with Gasteiger partial charge in [0.05, 0.1) is 0 Å². The molecule has 0 N–H and O–H groups in total. The molecule has 0 radical (unpaired) electrons. The summed E-state index contributed by atoms with van der Waals surface area (Å²) in [7, 11) is -1.83. The standard InChI is InChI=1S/C21H23ClSi/c1-14-20(15-8-5-4-6-9-15)18-12-16-10-7-11-17(16)13-19(18)21(14)23(2,3)22/h4-6,8-9,12-13,21H,7,10-11H2,1-3H3. The van der Waals surface area contributed by atoms with Crippen LogP contribution >= 0.6 is 11.1 Å². The molecule has 1 unspecified atom stereocenters. The van der Waals surface area contributed by atoms with E-state index in [1.807, 2.05) is 0 Å². The number of hydrogen-bond donors (Lipinski definition) is 0. The van der Waals surface area contributed by atoms with Crippen LogP contribution in [0.1, 0.15) is 46.7 Å². The molecule has 4 rings (SSSR count). The quantitative estimate of drug-likeness (QED) is 0.460. The second kappa shape index (κ2) is 5.36. The number of benzene rings is 2. The van der Waals surface area contributed by atoms with Gasteiger partial charge in [-0.3, -0.25) is 0 Å². The van der Waals surface area contributed by atoms with Gasteiger partial charge in [0.25, 0.3) is 0 Å². The summed E-state index contributed by atoms with van der Waals surface area (Å²) < 4.78 is 0. The van der Waals surface area contributed by atoms with E-state index in [-0.39, 0.29) is 0 Å². The van der Waals surface area contributed by atoms with Crippen LogP contribution in [0.15, 0.2) is 48.0 Å². The lowest BCUT2D eigenvalue weighted by atomic mass is 9.95. The molecule has 2 aliphatic carbocycles. The fourth-order valence-corrected chi connectivity index (χ4v) is 7.56. The average molecular weight is 339 g/mol. The maximum atomic E-state index is 6.97. The summed E-state index contributed by atoms with van der Waals surface area (Å²) in [6.45, 7) is 6.87. The summed E-state index contributed by atoms with van der Waals surface area (Å²) in [6, 6.07) is 15.8. The minimum Gasteiger partial charge on any atom is -0.167 e. The van der Waals surface area contributed by atoms with Crippen LogP contribution in [0.5, 0.6) is 0 Å². The van der Waals surface area contributed by atoms with Crippen LogP contribution in [0.2, 0.25) is 13.1 Å². The van der Waals surface area contributed by atoms with Crippen molar-refractivity contribution in [3.05, 3.63) is 75.9 Å². The average Bonchev–Trinajstić information content (AvgIpc) is 3.05. The fourth-order valence-electron chi connectivity index (χ4n) is 4.56. The van der Waals surface area contributed by atoms with Crippen molar-refractivity contribution in [2.45, 2.75) is 44.8 Å². The van der Waals surface area contributed by atoms with E-state index in [4.69, 9.17) is 11.1 Å². The summed E-state index contributed by atoms with van der Waals surface area (Å²) in [5.41, 5.74) is 10.7. The number of allylic oxidation sites excluding steroid dienone is 1. The Bertz CT molecular complexity index is 797. The van der Waals surface area contributed by atoms with Crippen molar-refractivity contribution in [2.24, 2.45) is 0 Å². The van der Waals surface area contributed by atoms with Crippen molar-refractivity contribution in [1.29, 1.82) is 0 Å². The van der Waals surface area contributed by atoms with Gasteiger partial charge in [-0.25, -0.2) is 0 Å². The Morgan fingerprint density at radius 1 is 1.00 bits per heavy atom. The number of halogens is 1. The molecule has 23 heavy (non-hydrogen) atoms. The lowest BCUT2D eigenvalue weighted by Crippen LogP contribution is -2.28. The molecule has 2 aromatic rings. The van der Waals surface area contributed by atoms with Crippen LogP contribution in [-0.2, 0) is 12.8 Å². The van der Waals surface area contributed by atoms with Gasteiger partial charge in [-0.2, -0.15) is 11.1 Å². The van der Waals surface area contributed by atoms with E-state index in [9.17, 15) is 0 Å². The van der Waals surface area contributed by atoms with Gasteiger partial charge in [-0.05, 0) is 59.6 Å². The lowest BCUT2D eigenvalue weighted by molar-refractivity contribution is 0.911. The van der Waals surface area contributed by atoms with Gasteiger partial charge in [-0.1, -0.05) is 61.1 Å². The molecule has 118 valence electrons. The second-order valence-electron chi connectivity index (χ2n) is 7.48. The van der Waals surface area contributed by atoms with Crippen molar-refractivity contribution in [3.63, 3.8) is 0 Å². The molecule has 0 spiro atoms. The molecular formula is C21H23ClSi. The maximum absolute atomic E-state index is 6.97. The van der Waals surface area contributed by atoms with Crippen molar-refractivity contribution >= 4 is 24.0 Å². The van der Waals surface area contributed by atoms with E-state index in [2.05, 4.69) is 62.5 Å². The first-order valence-electron chi connectivity index (χ1n) is 8.58. The maximum Gasteiger partial charge on any atom is 0.161 e. The Labute approximate surface area is 144 Å². The molecule has 2 aromatic carbocycles. The smallest absolute Gasteiger partial charge is 0.161 e. The summed E-state index contributed by atoms with van der Waals surface area (Å²) in [6.07, 6.45) is 3.77. The molecule has 2 aliphatic rings. The van der Waals surface area contributed by atoms with E-state index in [0.29, 0.717) is 5.54 Å². The van der Waals surface area contributed by atoms with Gasteiger partial charge in [-0.15, -0.1) is 0 Å². The molecule has 0 amide bonds. The SMILES string of the molecule is CC1=C(c2ccccc2)c2cc3c(cc2C1[Si](C)(C)Cl)CCC3. The zero-order valence-corrected chi connectivity index (χ0v) is 15.9. The summed E-state index contributed by atoms with van der Waals surface area (Å²) in [4.78, 5) is 0. The summed E-state index contributed by atoms with van der Waals surface area (Å²) in [5.74, 6) is 0. The molecule has 2 heteroatoms. The highest BCUT2D eigenvalue weighted by molar-refractivity contribution is 7.20. The Balaban J connectivity index is 1.98. The number of rotatable bonds is 2. The van der Waals surface area contributed by atoms with Crippen LogP contribution in [0.25, 0.3) is 5.57 Å². The summed E-state index contributed by atoms with van der Waals surface area (Å²) in [5, 5.41) is 0. The third-order valence-corrected chi connectivity index (χ3v) is 8.19. The predicted octanol–water partition coefficient (Wildman–Crippen LogP) is 6.08. The molecule has 0 aliphatic heterocycles. The highest BCUT2D eigenvalue weighted by Gasteiger charge is 2.40. The van der Waals surface area contributed by atoms with E-state index in [1.165, 1.54) is 47.1 Å². The van der Waals surface area contributed by atoms with Crippen molar-refractivity contribution in [3.8, 4) is 0 Å². The Morgan fingerprint density at radius 3 is 2.30 bits per heavy atom. The zero-order chi connectivity index (χ0) is 16.2. The second-order valence-corrected chi connectivity index (χ2v) is 14.1. The normalized spacial score (nSPS) is 19.9. The Hall–Kier alpha value is -1.31. The summed E-state index contributed by atoms with van der Waals surface area (Å²) >= 11 is 6.97. The first-order chi connectivity index (χ1) is 11.0. The van der Waals surface area contributed by atoms with Crippen molar-refractivity contribution < 1.29 is 0 Å². The molecule has 1 atom stereocenters. The van der Waals surface area contributed by atoms with Crippen LogP contribution < -0.4 is 0 Å². The van der Waals surface area contributed by atoms with Gasteiger partial charge >= 0.3 is 0 Å². The third kappa shape index (κ3) is 2.42. The topological polar surface area (TPSA) is 0 Å². The van der Waals surface area contributed by atoms with Crippen LogP contribution in [0, 0.1) is 0 Å². The first kappa shape index (κ1) is 15.2. The molecule has 0 saturated heterocycles. The number of fused-ring (bicyclic) bond motifs is 2. The fraction of sp³-hybridized carbons (Fsp3) is 0.333. The van der Waals surface area contributed by atoms with Gasteiger partial charge in [0.2, 0.25) is 0 Å². The highest BCUT2D eigenvalue weighted by atomic mass is 35.6. The van der Waals surface area contributed by atoms with Crippen LogP contribution in [0.3, 0.4) is 0 Å². The van der Waals surface area contributed by atoms with Crippen LogP contribution in [0.4, 0.5) is 0 Å². The molecule has 0 saturated carbocycles. The van der Waals surface area contributed by atoms with E-state index in [1.54, 1.807) is 11.1 Å². The van der Waals surface area contributed by atoms with Gasteiger partial charge in [0.1, 0.15) is 0 Å². The molecule has 0 heterocycles. The third-order valence-electron chi connectivity index (χ3n) is 5.42. The van der Waals surface area contributed by atoms with Crippen molar-refractivity contribution in [1.82, 2.24) is 0 Å². The molecule has 0 fully saturated rings. The van der Waals surface area contributed by atoms with Gasteiger partial charge in [0, 0.05) is 5.54 Å². The number of hydrogen-bond acceptors (Lipinski definition) is 0. The Morgan fingerprint density at radius 2 is 1.65 bits per heavy atom. The van der Waals surface area contributed by atoms with Crippen LogP contribution in [-0.4, -0.2) is 7.38 Å². The largest absolute Gasteiger partial charge is 0.167 e. The van der Waals surface area contributed by atoms with E-state index in [0.717, 1.165) is 0 Å². The monoisotopic (exact) mass is 338 g/mol. The Kier molecular flexibility index (Phi) is 3.55. The first-order valence-corrected chi connectivity index (χ1v) is 12.7. The highest BCUT2D eigenvalue weighted by Crippen LogP contribution is 2.51. The molecule has 0 aromatic heterocycles. The van der Waals surface area contributed by atoms with Crippen molar-refractivity contribution in [2.75, 3.05) is 0 Å². The number of aryl methyl sites for hydroxylation is 2. The molecule has 0 bridgehead atoms. The molecule has 0 nitrogen and oxygen atoms in total.